The number of para-hydroxylation sites is 1. The molecule has 0 atom stereocenters. The van der Waals surface area contributed by atoms with Crippen molar-refractivity contribution in [3.05, 3.63) is 57.9 Å². The van der Waals surface area contributed by atoms with Crippen LogP contribution in [-0.2, 0) is 6.54 Å². The fraction of sp³-hybridized carbons (Fsp3) is 0.125. The number of hydrogen-bond donors (Lipinski definition) is 2. The zero-order valence-corrected chi connectivity index (χ0v) is 12.4. The molecule has 1 aromatic carbocycles. The number of amides is 1. The van der Waals surface area contributed by atoms with Gasteiger partial charge in [0.15, 0.2) is 0 Å². The topological polar surface area (TPSA) is 68.0 Å². The van der Waals surface area contributed by atoms with Crippen LogP contribution in [0.1, 0.15) is 20.2 Å². The van der Waals surface area contributed by atoms with Gasteiger partial charge in [-0.05, 0) is 31.2 Å². The summed E-state index contributed by atoms with van der Waals surface area (Å²) in [7, 11) is 0. The van der Waals surface area contributed by atoms with Gasteiger partial charge in [0.05, 0.1) is 12.1 Å². The summed E-state index contributed by atoms with van der Waals surface area (Å²) in [5.41, 5.74) is 7.63. The van der Waals surface area contributed by atoms with Crippen LogP contribution in [0, 0.1) is 6.92 Å². The number of carbonyl (C=O) groups excluding carboxylic acids is 1. The largest absolute Gasteiger partial charge is 0.398 e. The summed E-state index contributed by atoms with van der Waals surface area (Å²) in [6, 6.07) is 13.2. The van der Waals surface area contributed by atoms with Gasteiger partial charge in [0, 0.05) is 20.8 Å². The Hall–Kier alpha value is -2.40. The Labute approximate surface area is 126 Å². The first-order chi connectivity index (χ1) is 10.1. The van der Waals surface area contributed by atoms with E-state index in [1.165, 1.54) is 4.88 Å². The van der Waals surface area contributed by atoms with Crippen molar-refractivity contribution in [1.82, 2.24) is 10.3 Å². The van der Waals surface area contributed by atoms with E-state index < -0.39 is 0 Å². The number of pyridine rings is 1. The van der Waals surface area contributed by atoms with Crippen molar-refractivity contribution < 1.29 is 4.79 Å². The predicted octanol–water partition coefficient (Wildman–Crippen LogP) is 3.12. The molecule has 0 radical (unpaired) electrons. The Bertz CT molecular complexity index is 810. The number of rotatable bonds is 3. The van der Waals surface area contributed by atoms with Crippen LogP contribution in [0.4, 0.5) is 5.69 Å². The number of thiophene rings is 1. The van der Waals surface area contributed by atoms with Gasteiger partial charge in [0.25, 0.3) is 5.91 Å². The molecule has 4 nitrogen and oxygen atoms in total. The number of nitrogens with two attached hydrogens (primary N) is 1. The SMILES string of the molecule is Cc1ccc(CNC(=O)c2cc(N)c3ccccc3n2)s1. The van der Waals surface area contributed by atoms with Gasteiger partial charge in [-0.25, -0.2) is 4.98 Å². The Morgan fingerprint density at radius 2 is 2.10 bits per heavy atom. The molecule has 2 aromatic heterocycles. The van der Waals surface area contributed by atoms with E-state index in [1.54, 1.807) is 17.4 Å². The normalized spacial score (nSPS) is 10.7. The molecule has 0 aliphatic heterocycles. The van der Waals surface area contributed by atoms with Crippen molar-refractivity contribution in [2.75, 3.05) is 5.73 Å². The summed E-state index contributed by atoms with van der Waals surface area (Å²) >= 11 is 1.67. The molecule has 0 saturated carbocycles. The van der Waals surface area contributed by atoms with E-state index >= 15 is 0 Å². The molecule has 21 heavy (non-hydrogen) atoms. The Morgan fingerprint density at radius 3 is 2.86 bits per heavy atom. The smallest absolute Gasteiger partial charge is 0.270 e. The van der Waals surface area contributed by atoms with Gasteiger partial charge in [0.1, 0.15) is 5.69 Å². The maximum atomic E-state index is 12.2. The first-order valence-corrected chi connectivity index (χ1v) is 7.44. The first-order valence-electron chi connectivity index (χ1n) is 6.62. The van der Waals surface area contributed by atoms with Gasteiger partial charge in [-0.1, -0.05) is 18.2 Å². The number of aryl methyl sites for hydroxylation is 1. The third kappa shape index (κ3) is 2.87. The number of nitrogen functional groups attached to an aromatic ring is 1. The number of nitrogens with one attached hydrogen (secondary N) is 1. The summed E-state index contributed by atoms with van der Waals surface area (Å²) in [5.74, 6) is -0.210. The van der Waals surface area contributed by atoms with Crippen molar-refractivity contribution >= 4 is 33.8 Å². The highest BCUT2D eigenvalue weighted by Gasteiger charge is 2.10. The fourth-order valence-corrected chi connectivity index (χ4v) is 2.99. The molecule has 2 heterocycles. The number of aromatic nitrogens is 1. The van der Waals surface area contributed by atoms with Crippen molar-refractivity contribution in [3.8, 4) is 0 Å². The van der Waals surface area contributed by atoms with Gasteiger partial charge in [-0.2, -0.15) is 0 Å². The molecule has 3 rings (SSSR count). The van der Waals surface area contributed by atoms with Gasteiger partial charge < -0.3 is 11.1 Å². The molecule has 106 valence electrons. The molecule has 0 spiro atoms. The lowest BCUT2D eigenvalue weighted by molar-refractivity contribution is 0.0946. The molecule has 3 aromatic rings. The lowest BCUT2D eigenvalue weighted by Crippen LogP contribution is -2.23. The molecule has 0 fully saturated rings. The minimum atomic E-state index is -0.210. The van der Waals surface area contributed by atoms with Crippen LogP contribution in [0.5, 0.6) is 0 Å². The Morgan fingerprint density at radius 1 is 1.29 bits per heavy atom. The number of anilines is 1. The molecule has 0 bridgehead atoms. The van der Waals surface area contributed by atoms with E-state index in [-0.39, 0.29) is 5.91 Å². The summed E-state index contributed by atoms with van der Waals surface area (Å²) < 4.78 is 0. The van der Waals surface area contributed by atoms with E-state index in [1.807, 2.05) is 43.3 Å². The molecule has 0 aliphatic rings. The average Bonchev–Trinajstić information content (AvgIpc) is 2.90. The van der Waals surface area contributed by atoms with Crippen LogP contribution in [0.3, 0.4) is 0 Å². The number of benzene rings is 1. The van der Waals surface area contributed by atoms with Gasteiger partial charge in [-0.15, -0.1) is 11.3 Å². The highest BCUT2D eigenvalue weighted by Crippen LogP contribution is 2.20. The molecular formula is C16H15N3OS. The van der Waals surface area contributed by atoms with Crippen LogP contribution in [0.2, 0.25) is 0 Å². The molecule has 0 unspecified atom stereocenters. The molecular weight excluding hydrogens is 282 g/mol. The summed E-state index contributed by atoms with van der Waals surface area (Å²) in [6.07, 6.45) is 0. The standard InChI is InChI=1S/C16H15N3OS/c1-10-6-7-11(21-10)9-18-16(20)15-8-13(17)12-4-2-3-5-14(12)19-15/h2-8H,9H2,1H3,(H2,17,19)(H,18,20). The number of hydrogen-bond acceptors (Lipinski definition) is 4. The number of carbonyl (C=O) groups is 1. The zero-order chi connectivity index (χ0) is 14.8. The van der Waals surface area contributed by atoms with E-state index in [4.69, 9.17) is 5.73 Å². The third-order valence-electron chi connectivity index (χ3n) is 3.20. The summed E-state index contributed by atoms with van der Waals surface area (Å²) in [5, 5.41) is 3.74. The van der Waals surface area contributed by atoms with Crippen molar-refractivity contribution in [3.63, 3.8) is 0 Å². The Kier molecular flexibility index (Phi) is 3.58. The second-order valence-electron chi connectivity index (χ2n) is 4.81. The number of nitrogens with zero attached hydrogens (tertiary/aromatic N) is 1. The van der Waals surface area contributed by atoms with Crippen molar-refractivity contribution in [1.29, 1.82) is 0 Å². The van der Waals surface area contributed by atoms with Crippen LogP contribution >= 0.6 is 11.3 Å². The van der Waals surface area contributed by atoms with Crippen molar-refractivity contribution in [2.45, 2.75) is 13.5 Å². The highest BCUT2D eigenvalue weighted by atomic mass is 32.1. The minimum absolute atomic E-state index is 0.210. The van der Waals surface area contributed by atoms with Gasteiger partial charge >= 0.3 is 0 Å². The fourth-order valence-electron chi connectivity index (χ4n) is 2.16. The van der Waals surface area contributed by atoms with Gasteiger partial charge in [-0.3, -0.25) is 4.79 Å². The lowest BCUT2D eigenvalue weighted by Gasteiger charge is -2.07. The maximum Gasteiger partial charge on any atom is 0.270 e. The molecule has 0 aliphatic carbocycles. The highest BCUT2D eigenvalue weighted by molar-refractivity contribution is 7.11. The van der Waals surface area contributed by atoms with Crippen LogP contribution in [-0.4, -0.2) is 10.9 Å². The van der Waals surface area contributed by atoms with Gasteiger partial charge in [0.2, 0.25) is 0 Å². The lowest BCUT2D eigenvalue weighted by atomic mass is 10.1. The number of fused-ring (bicyclic) bond motifs is 1. The van der Waals surface area contributed by atoms with E-state index in [2.05, 4.69) is 10.3 Å². The second kappa shape index (κ2) is 5.54. The first kappa shape index (κ1) is 13.6. The molecule has 0 saturated heterocycles. The van der Waals surface area contributed by atoms with Crippen LogP contribution in [0.25, 0.3) is 10.9 Å². The summed E-state index contributed by atoms with van der Waals surface area (Å²) in [6.45, 7) is 2.55. The van der Waals surface area contributed by atoms with Crippen molar-refractivity contribution in [2.24, 2.45) is 0 Å². The second-order valence-corrected chi connectivity index (χ2v) is 6.18. The van der Waals surface area contributed by atoms with E-state index in [9.17, 15) is 4.79 Å². The van der Waals surface area contributed by atoms with Crippen LogP contribution < -0.4 is 11.1 Å². The monoisotopic (exact) mass is 297 g/mol. The molecule has 1 amide bonds. The van der Waals surface area contributed by atoms with Crippen LogP contribution in [0.15, 0.2) is 42.5 Å². The summed E-state index contributed by atoms with van der Waals surface area (Å²) in [4.78, 5) is 18.9. The average molecular weight is 297 g/mol. The van der Waals surface area contributed by atoms with E-state index in [0.717, 1.165) is 15.8 Å². The quantitative estimate of drug-likeness (QED) is 0.780. The zero-order valence-electron chi connectivity index (χ0n) is 11.6. The minimum Gasteiger partial charge on any atom is -0.398 e. The molecule has 3 N–H and O–H groups in total. The Balaban J connectivity index is 1.81. The molecule has 5 heteroatoms. The van der Waals surface area contributed by atoms with E-state index in [0.29, 0.717) is 17.9 Å². The third-order valence-corrected chi connectivity index (χ3v) is 4.20. The maximum absolute atomic E-state index is 12.2. The predicted molar refractivity (Wildman–Crippen MR) is 86.4 cm³/mol.